The van der Waals surface area contributed by atoms with Crippen LogP contribution in [-0.2, 0) is 9.59 Å². The van der Waals surface area contributed by atoms with Crippen LogP contribution in [0.15, 0.2) is 30.3 Å². The molecule has 31 heavy (non-hydrogen) atoms. The second-order valence-corrected chi connectivity index (χ2v) is 7.37. The van der Waals surface area contributed by atoms with Crippen LogP contribution >= 0.6 is 0 Å². The fourth-order valence-corrected chi connectivity index (χ4v) is 4.67. The molecule has 0 unspecified atom stereocenters. The molecule has 2 aromatic carbocycles. The lowest BCUT2D eigenvalue weighted by Crippen LogP contribution is -2.30. The van der Waals surface area contributed by atoms with Crippen LogP contribution in [0.4, 0.5) is 0 Å². The molecular weight excluding hydrogens is 408 g/mol. The maximum atomic E-state index is 12.3. The molecule has 164 valence electrons. The van der Waals surface area contributed by atoms with Gasteiger partial charge in [0, 0.05) is 30.0 Å². The summed E-state index contributed by atoms with van der Waals surface area (Å²) >= 11 is 0. The first-order valence-corrected chi connectivity index (χ1v) is 9.46. The van der Waals surface area contributed by atoms with Gasteiger partial charge in [-0.2, -0.15) is 0 Å². The van der Waals surface area contributed by atoms with Gasteiger partial charge in [-0.3, -0.25) is 9.59 Å². The lowest BCUT2D eigenvalue weighted by atomic mass is 9.94. The molecule has 0 saturated heterocycles. The number of hydrogen-bond donors (Lipinski definition) is 2. The van der Waals surface area contributed by atoms with Crippen molar-refractivity contribution < 1.29 is 43.5 Å². The minimum absolute atomic E-state index is 0.336. The van der Waals surface area contributed by atoms with E-state index in [0.717, 1.165) is 0 Å². The van der Waals surface area contributed by atoms with Crippen molar-refractivity contribution in [3.8, 4) is 28.7 Å². The summed E-state index contributed by atoms with van der Waals surface area (Å²) in [7, 11) is 5.88. The van der Waals surface area contributed by atoms with Crippen LogP contribution in [-0.4, -0.2) is 50.6 Å². The zero-order valence-electron chi connectivity index (χ0n) is 17.4. The van der Waals surface area contributed by atoms with Crippen molar-refractivity contribution in [3.05, 3.63) is 41.5 Å². The van der Waals surface area contributed by atoms with Gasteiger partial charge < -0.3 is 33.9 Å². The molecule has 1 aliphatic heterocycles. The van der Waals surface area contributed by atoms with Gasteiger partial charge in [0.15, 0.2) is 5.41 Å². The predicted octanol–water partition coefficient (Wildman–Crippen LogP) is 2.72. The standard InChI is InChI=1S/C22H22O9/c1-27-10-5-6-12-13(7-10)31-19(18-17(12)22(18,20(23)24)21(25)26)16-14(29-3)8-11(28-2)9-15(16)30-4/h5-9,17-19H,1-4H3,(H,23,24)(H,25,26)/t17-,18-,19+/m1/s1. The number of carbonyl (C=O) groups is 2. The van der Waals surface area contributed by atoms with E-state index in [1.165, 1.54) is 28.4 Å². The largest absolute Gasteiger partial charge is 0.497 e. The first kappa shape index (κ1) is 20.6. The van der Waals surface area contributed by atoms with Crippen molar-refractivity contribution in [2.45, 2.75) is 12.0 Å². The molecule has 1 heterocycles. The molecule has 1 fully saturated rings. The minimum Gasteiger partial charge on any atom is -0.497 e. The van der Waals surface area contributed by atoms with Crippen LogP contribution in [0.25, 0.3) is 0 Å². The zero-order valence-corrected chi connectivity index (χ0v) is 17.4. The van der Waals surface area contributed by atoms with Gasteiger partial charge in [-0.1, -0.05) is 6.07 Å². The van der Waals surface area contributed by atoms with Gasteiger partial charge in [0.25, 0.3) is 0 Å². The molecule has 1 saturated carbocycles. The maximum Gasteiger partial charge on any atom is 0.322 e. The number of hydrogen-bond acceptors (Lipinski definition) is 7. The van der Waals surface area contributed by atoms with Gasteiger partial charge >= 0.3 is 11.9 Å². The highest BCUT2D eigenvalue weighted by molar-refractivity contribution is 6.05. The Hall–Kier alpha value is -3.62. The molecule has 3 atom stereocenters. The molecule has 9 heteroatoms. The lowest BCUT2D eigenvalue weighted by Gasteiger charge is -2.28. The Bertz CT molecular complexity index is 1020. The molecule has 1 aliphatic carbocycles. The second-order valence-electron chi connectivity index (χ2n) is 7.37. The molecule has 4 rings (SSSR count). The SMILES string of the molecule is COc1ccc2c(c1)O[C@@H](c1c(OC)cc(OC)cc1OC)[C@H]1[C@@H]2C1(C(=O)O)C(=O)O. The van der Waals surface area contributed by atoms with E-state index in [0.29, 0.717) is 39.9 Å². The van der Waals surface area contributed by atoms with E-state index in [4.69, 9.17) is 23.7 Å². The van der Waals surface area contributed by atoms with Gasteiger partial charge in [0.1, 0.15) is 34.9 Å². The monoisotopic (exact) mass is 430 g/mol. The number of carboxylic acid groups (broad SMARTS) is 2. The number of rotatable bonds is 7. The number of methoxy groups -OCH3 is 4. The fraction of sp³-hybridized carbons (Fsp3) is 0.364. The average Bonchev–Trinajstić information content (AvgIpc) is 3.49. The zero-order chi connectivity index (χ0) is 22.5. The Morgan fingerprint density at radius 1 is 0.871 bits per heavy atom. The first-order valence-electron chi connectivity index (χ1n) is 9.46. The van der Waals surface area contributed by atoms with Crippen molar-refractivity contribution in [2.75, 3.05) is 28.4 Å². The van der Waals surface area contributed by atoms with Crippen LogP contribution in [0.3, 0.4) is 0 Å². The molecule has 0 amide bonds. The number of benzene rings is 2. The van der Waals surface area contributed by atoms with Crippen molar-refractivity contribution in [1.82, 2.24) is 0 Å². The summed E-state index contributed by atoms with van der Waals surface area (Å²) in [4.78, 5) is 24.5. The van der Waals surface area contributed by atoms with Gasteiger partial charge in [-0.15, -0.1) is 0 Å². The smallest absolute Gasteiger partial charge is 0.322 e. The third kappa shape index (κ3) is 2.76. The lowest BCUT2D eigenvalue weighted by molar-refractivity contribution is -0.158. The van der Waals surface area contributed by atoms with Crippen molar-refractivity contribution in [3.63, 3.8) is 0 Å². The van der Waals surface area contributed by atoms with Crippen LogP contribution in [0.2, 0.25) is 0 Å². The molecule has 0 radical (unpaired) electrons. The highest BCUT2D eigenvalue weighted by Gasteiger charge is 2.80. The summed E-state index contributed by atoms with van der Waals surface area (Å²) in [6, 6.07) is 8.15. The summed E-state index contributed by atoms with van der Waals surface area (Å²) in [5, 5.41) is 20.0. The van der Waals surface area contributed by atoms with Gasteiger partial charge in [-0.05, 0) is 11.6 Å². The molecule has 0 spiro atoms. The van der Waals surface area contributed by atoms with Crippen LogP contribution < -0.4 is 23.7 Å². The summed E-state index contributed by atoms with van der Waals surface area (Å²) < 4.78 is 27.8. The minimum atomic E-state index is -2.04. The molecular formula is C22H22O9. The average molecular weight is 430 g/mol. The molecule has 0 aromatic heterocycles. The number of aliphatic carboxylic acids is 2. The van der Waals surface area contributed by atoms with Crippen LogP contribution in [0.5, 0.6) is 28.7 Å². The fourth-order valence-electron chi connectivity index (χ4n) is 4.67. The van der Waals surface area contributed by atoms with Crippen molar-refractivity contribution in [2.24, 2.45) is 11.3 Å². The van der Waals surface area contributed by atoms with Gasteiger partial charge in [0.05, 0.1) is 34.0 Å². The Balaban J connectivity index is 1.96. The normalized spacial score (nSPS) is 22.3. The third-order valence-corrected chi connectivity index (χ3v) is 6.15. The third-order valence-electron chi connectivity index (χ3n) is 6.15. The molecule has 2 aromatic rings. The van der Waals surface area contributed by atoms with E-state index >= 15 is 0 Å². The second kappa shape index (κ2) is 7.26. The molecule has 2 N–H and O–H groups in total. The van der Waals surface area contributed by atoms with Crippen LogP contribution in [0, 0.1) is 11.3 Å². The van der Waals surface area contributed by atoms with Crippen LogP contribution in [0.1, 0.15) is 23.1 Å². The molecule has 2 aliphatic rings. The number of carboxylic acids is 2. The maximum absolute atomic E-state index is 12.3. The van der Waals surface area contributed by atoms with Crippen molar-refractivity contribution in [1.29, 1.82) is 0 Å². The topological polar surface area (TPSA) is 121 Å². The summed E-state index contributed by atoms with van der Waals surface area (Å²) in [5.41, 5.74) is -1.11. The van der Waals surface area contributed by atoms with E-state index in [2.05, 4.69) is 0 Å². The Morgan fingerprint density at radius 2 is 1.45 bits per heavy atom. The molecule has 9 nitrogen and oxygen atoms in total. The summed E-state index contributed by atoms with van der Waals surface area (Å²) in [5.74, 6) is -2.51. The van der Waals surface area contributed by atoms with E-state index < -0.39 is 35.3 Å². The van der Waals surface area contributed by atoms with E-state index in [9.17, 15) is 19.8 Å². The predicted molar refractivity (Wildman–Crippen MR) is 106 cm³/mol. The van der Waals surface area contributed by atoms with E-state index in [-0.39, 0.29) is 0 Å². The number of fused-ring (bicyclic) bond motifs is 3. The quantitative estimate of drug-likeness (QED) is 0.639. The first-order chi connectivity index (χ1) is 14.8. The highest BCUT2D eigenvalue weighted by Crippen LogP contribution is 2.74. The summed E-state index contributed by atoms with van der Waals surface area (Å²) in [6.07, 6.45) is -0.951. The van der Waals surface area contributed by atoms with E-state index in [1.54, 1.807) is 30.3 Å². The highest BCUT2D eigenvalue weighted by atomic mass is 16.5. The molecule has 0 bridgehead atoms. The van der Waals surface area contributed by atoms with Crippen molar-refractivity contribution >= 4 is 11.9 Å². The van der Waals surface area contributed by atoms with E-state index in [1.807, 2.05) is 0 Å². The Morgan fingerprint density at radius 3 is 1.94 bits per heavy atom. The van der Waals surface area contributed by atoms with Gasteiger partial charge in [-0.25, -0.2) is 0 Å². The Labute approximate surface area is 178 Å². The number of ether oxygens (including phenoxy) is 5. The summed E-state index contributed by atoms with van der Waals surface area (Å²) in [6.45, 7) is 0. The Kier molecular flexibility index (Phi) is 4.83. The van der Waals surface area contributed by atoms with Gasteiger partial charge in [0.2, 0.25) is 0 Å².